The molecule has 2 aromatic heterocycles. The molecule has 2 aromatic carbocycles. The molecule has 0 aliphatic rings. The van der Waals surface area contributed by atoms with Gasteiger partial charge in [0.05, 0.1) is 18.6 Å². The SMILES string of the molecule is C.C.CCOC(=O)c1ccccc1.Cc1cccc(C)n1.Cc1cccc(CC(=O)c2ccccc2)n1. The van der Waals surface area contributed by atoms with Crippen LogP contribution in [0.3, 0.4) is 0 Å². The maximum Gasteiger partial charge on any atom is 0.338 e. The summed E-state index contributed by atoms with van der Waals surface area (Å²) in [5.41, 5.74) is 5.29. The van der Waals surface area contributed by atoms with Gasteiger partial charge in [0.2, 0.25) is 0 Å². The standard InChI is InChI=1S/C14H13NO.C9H10O2.C7H9N.2CH4/c1-11-6-5-9-13(15-11)10-14(16)12-7-3-2-4-8-12;1-2-11-9(10)8-6-4-3-5-7-8;1-6-4-3-5-7(2)8-6;;/h2-9H,10H2,1H3;3-7H,2H2,1H3;3-5H,1-2H3;2*1H4. The van der Waals surface area contributed by atoms with E-state index in [0.717, 1.165) is 28.3 Å². The van der Waals surface area contributed by atoms with E-state index in [1.54, 1.807) is 19.1 Å². The van der Waals surface area contributed by atoms with Crippen molar-refractivity contribution in [1.29, 1.82) is 0 Å². The molecule has 5 heteroatoms. The molecule has 0 spiro atoms. The van der Waals surface area contributed by atoms with Crippen LogP contribution in [0.5, 0.6) is 0 Å². The summed E-state index contributed by atoms with van der Waals surface area (Å²) >= 11 is 0. The molecule has 0 aliphatic heterocycles. The zero-order valence-electron chi connectivity index (χ0n) is 20.8. The summed E-state index contributed by atoms with van der Waals surface area (Å²) in [5.74, 6) is -0.146. The number of Topliss-reactive ketones (excluding diaryl/α,β-unsaturated/α-hetero) is 1. The van der Waals surface area contributed by atoms with Crippen molar-refractivity contribution in [2.75, 3.05) is 6.61 Å². The van der Waals surface area contributed by atoms with Crippen molar-refractivity contribution < 1.29 is 14.3 Å². The maximum absolute atomic E-state index is 11.9. The number of ether oxygens (including phenoxy) is 1. The van der Waals surface area contributed by atoms with Crippen molar-refractivity contribution in [3.8, 4) is 0 Å². The third kappa shape index (κ3) is 13.0. The van der Waals surface area contributed by atoms with Gasteiger partial charge in [-0.3, -0.25) is 14.8 Å². The zero-order chi connectivity index (χ0) is 25.5. The first kappa shape index (κ1) is 32.9. The van der Waals surface area contributed by atoms with Crippen molar-refractivity contribution in [3.63, 3.8) is 0 Å². The molecule has 0 saturated carbocycles. The van der Waals surface area contributed by atoms with Crippen LogP contribution in [0.15, 0.2) is 97.1 Å². The smallest absolute Gasteiger partial charge is 0.338 e. The van der Waals surface area contributed by atoms with Crippen molar-refractivity contribution in [2.24, 2.45) is 0 Å². The molecular weight excluding hydrogens is 460 g/mol. The normalized spacial score (nSPS) is 9.08. The van der Waals surface area contributed by atoms with Gasteiger partial charge < -0.3 is 4.74 Å². The number of benzene rings is 2. The number of carbonyl (C=O) groups is 2. The Bertz CT molecular complexity index is 1180. The summed E-state index contributed by atoms with van der Waals surface area (Å²) in [5, 5.41) is 0. The molecule has 0 N–H and O–H groups in total. The number of pyridine rings is 2. The Morgan fingerprint density at radius 1 is 0.622 bits per heavy atom. The molecule has 37 heavy (non-hydrogen) atoms. The first-order valence-electron chi connectivity index (χ1n) is 11.5. The molecule has 5 nitrogen and oxygen atoms in total. The highest BCUT2D eigenvalue weighted by Crippen LogP contribution is 2.06. The van der Waals surface area contributed by atoms with Gasteiger partial charge in [0.1, 0.15) is 0 Å². The highest BCUT2D eigenvalue weighted by atomic mass is 16.5. The average molecular weight is 501 g/mol. The first-order valence-corrected chi connectivity index (χ1v) is 11.5. The third-order valence-corrected chi connectivity index (χ3v) is 4.70. The van der Waals surface area contributed by atoms with Gasteiger partial charge in [-0.2, -0.15) is 0 Å². The summed E-state index contributed by atoms with van der Waals surface area (Å²) in [6.45, 7) is 8.13. The lowest BCUT2D eigenvalue weighted by atomic mass is 10.1. The number of carbonyl (C=O) groups excluding carboxylic acids is 2. The molecule has 0 radical (unpaired) electrons. The fraction of sp³-hybridized carbons (Fsp3) is 0.250. The van der Waals surface area contributed by atoms with Crippen molar-refractivity contribution in [1.82, 2.24) is 9.97 Å². The minimum atomic E-state index is -0.256. The second-order valence-corrected chi connectivity index (χ2v) is 7.74. The Morgan fingerprint density at radius 2 is 1.08 bits per heavy atom. The monoisotopic (exact) mass is 500 g/mol. The van der Waals surface area contributed by atoms with E-state index in [2.05, 4.69) is 9.97 Å². The summed E-state index contributed by atoms with van der Waals surface area (Å²) in [6.07, 6.45) is 0.367. The molecule has 4 aromatic rings. The number of nitrogens with zero attached hydrogens (tertiary/aromatic N) is 2. The van der Waals surface area contributed by atoms with Crippen molar-refractivity contribution in [3.05, 3.63) is 131 Å². The minimum absolute atomic E-state index is 0. The maximum atomic E-state index is 11.9. The van der Waals surface area contributed by atoms with Gasteiger partial charge in [-0.1, -0.05) is 75.5 Å². The third-order valence-electron chi connectivity index (χ3n) is 4.70. The minimum Gasteiger partial charge on any atom is -0.462 e. The van der Waals surface area contributed by atoms with Gasteiger partial charge in [-0.05, 0) is 64.1 Å². The van der Waals surface area contributed by atoms with E-state index in [1.807, 2.05) is 106 Å². The molecular formula is C32H40N2O3. The van der Waals surface area contributed by atoms with Crippen LogP contribution < -0.4 is 0 Å². The summed E-state index contributed by atoms with van der Waals surface area (Å²) in [4.78, 5) is 31.4. The lowest BCUT2D eigenvalue weighted by Gasteiger charge is -2.01. The van der Waals surface area contributed by atoms with Gasteiger partial charge in [-0.25, -0.2) is 4.79 Å². The molecule has 0 bridgehead atoms. The number of hydrogen-bond donors (Lipinski definition) is 0. The van der Waals surface area contributed by atoms with Crippen LogP contribution in [0.4, 0.5) is 0 Å². The van der Waals surface area contributed by atoms with E-state index >= 15 is 0 Å². The molecule has 0 unspecified atom stereocenters. The number of hydrogen-bond acceptors (Lipinski definition) is 5. The highest BCUT2D eigenvalue weighted by Gasteiger charge is 2.07. The molecule has 0 amide bonds. The molecule has 0 saturated heterocycles. The molecule has 196 valence electrons. The Balaban J connectivity index is 0.000000543. The fourth-order valence-electron chi connectivity index (χ4n) is 3.06. The zero-order valence-corrected chi connectivity index (χ0v) is 20.8. The van der Waals surface area contributed by atoms with Crippen molar-refractivity contribution >= 4 is 11.8 Å². The summed E-state index contributed by atoms with van der Waals surface area (Å²) in [6, 6.07) is 30.0. The molecule has 4 rings (SSSR count). The van der Waals surface area contributed by atoms with E-state index in [-0.39, 0.29) is 26.6 Å². The molecule has 2 heterocycles. The Morgan fingerprint density at radius 3 is 1.51 bits per heavy atom. The van der Waals surface area contributed by atoms with E-state index in [1.165, 1.54) is 0 Å². The second-order valence-electron chi connectivity index (χ2n) is 7.74. The second kappa shape index (κ2) is 18.2. The van der Waals surface area contributed by atoms with Crippen LogP contribution in [-0.4, -0.2) is 28.3 Å². The van der Waals surface area contributed by atoms with Crippen LogP contribution in [0.2, 0.25) is 0 Å². The predicted molar refractivity (Wildman–Crippen MR) is 153 cm³/mol. The van der Waals surface area contributed by atoms with Gasteiger partial charge >= 0.3 is 5.97 Å². The van der Waals surface area contributed by atoms with Crippen molar-refractivity contribution in [2.45, 2.75) is 49.0 Å². The van der Waals surface area contributed by atoms with Gasteiger partial charge in [0, 0.05) is 28.3 Å². The number of aromatic nitrogens is 2. The summed E-state index contributed by atoms with van der Waals surface area (Å²) in [7, 11) is 0. The fourth-order valence-corrected chi connectivity index (χ4v) is 3.06. The van der Waals surface area contributed by atoms with Crippen LogP contribution >= 0.6 is 0 Å². The van der Waals surface area contributed by atoms with E-state index in [0.29, 0.717) is 18.6 Å². The van der Waals surface area contributed by atoms with E-state index in [4.69, 9.17) is 4.74 Å². The van der Waals surface area contributed by atoms with Gasteiger partial charge in [0.25, 0.3) is 0 Å². The van der Waals surface area contributed by atoms with Crippen LogP contribution in [0.1, 0.15) is 65.3 Å². The van der Waals surface area contributed by atoms with Crippen LogP contribution in [-0.2, 0) is 11.2 Å². The first-order chi connectivity index (χ1) is 16.9. The largest absolute Gasteiger partial charge is 0.462 e. The molecule has 0 atom stereocenters. The number of aryl methyl sites for hydroxylation is 3. The van der Waals surface area contributed by atoms with E-state index < -0.39 is 0 Å². The number of ketones is 1. The Hall–Kier alpha value is -4.12. The lowest BCUT2D eigenvalue weighted by molar-refractivity contribution is 0.0526. The topological polar surface area (TPSA) is 69.2 Å². The van der Waals surface area contributed by atoms with E-state index in [9.17, 15) is 9.59 Å². The quantitative estimate of drug-likeness (QED) is 0.208. The molecule has 0 aliphatic carbocycles. The van der Waals surface area contributed by atoms with Gasteiger partial charge in [-0.15, -0.1) is 0 Å². The predicted octanol–water partition coefficient (Wildman–Crippen LogP) is 7.65. The van der Waals surface area contributed by atoms with Gasteiger partial charge in [0.15, 0.2) is 5.78 Å². The average Bonchev–Trinajstić information content (AvgIpc) is 2.86. The number of rotatable bonds is 5. The van der Waals surface area contributed by atoms with Crippen LogP contribution in [0.25, 0.3) is 0 Å². The molecule has 0 fully saturated rings. The van der Waals surface area contributed by atoms with Crippen LogP contribution in [0, 0.1) is 20.8 Å². The Kier molecular flexibility index (Phi) is 16.2. The lowest BCUT2D eigenvalue weighted by Crippen LogP contribution is -2.05. The number of esters is 1. The summed E-state index contributed by atoms with van der Waals surface area (Å²) < 4.78 is 4.79. The Labute approximate surface area is 222 Å². The highest BCUT2D eigenvalue weighted by molar-refractivity contribution is 5.97.